The Hall–Kier alpha value is -2.09. The van der Waals surface area contributed by atoms with Crippen molar-refractivity contribution in [2.24, 2.45) is 0 Å². The first-order valence-electron chi connectivity index (χ1n) is 6.51. The van der Waals surface area contributed by atoms with Crippen LogP contribution < -0.4 is 5.32 Å². The van der Waals surface area contributed by atoms with Gasteiger partial charge in [-0.25, -0.2) is 0 Å². The number of rotatable bonds is 3. The third kappa shape index (κ3) is 3.22. The normalized spacial score (nSPS) is 11.9. The molecule has 0 heterocycles. The van der Waals surface area contributed by atoms with Crippen LogP contribution in [0.4, 0.5) is 0 Å². The standard InChI is InChI=1S/C17H19NO/c1-12-9-10-16(11-13(12)2)17(19)18-14(3)15-7-5-4-6-8-15/h4-11,14H,1-3H3,(H,18,19). The summed E-state index contributed by atoms with van der Waals surface area (Å²) in [7, 11) is 0. The van der Waals surface area contributed by atoms with Crippen LogP contribution in [0.15, 0.2) is 48.5 Å². The molecule has 1 N–H and O–H groups in total. The summed E-state index contributed by atoms with van der Waals surface area (Å²) < 4.78 is 0. The number of hydrogen-bond acceptors (Lipinski definition) is 1. The largest absolute Gasteiger partial charge is 0.346 e. The molecule has 0 spiro atoms. The second kappa shape index (κ2) is 5.70. The highest BCUT2D eigenvalue weighted by Gasteiger charge is 2.11. The molecule has 1 atom stereocenters. The van der Waals surface area contributed by atoms with Gasteiger partial charge in [0.25, 0.3) is 5.91 Å². The van der Waals surface area contributed by atoms with Gasteiger partial charge in [0.15, 0.2) is 0 Å². The Morgan fingerprint density at radius 1 is 1.00 bits per heavy atom. The van der Waals surface area contributed by atoms with Gasteiger partial charge >= 0.3 is 0 Å². The van der Waals surface area contributed by atoms with E-state index in [9.17, 15) is 4.79 Å². The molecule has 1 amide bonds. The fourth-order valence-corrected chi connectivity index (χ4v) is 1.99. The van der Waals surface area contributed by atoms with E-state index in [1.165, 1.54) is 5.56 Å². The number of carbonyl (C=O) groups is 1. The van der Waals surface area contributed by atoms with Crippen molar-refractivity contribution in [2.75, 3.05) is 0 Å². The number of benzene rings is 2. The van der Waals surface area contributed by atoms with Crippen LogP contribution in [0.1, 0.15) is 40.0 Å². The Bertz CT molecular complexity index is 575. The average molecular weight is 253 g/mol. The van der Waals surface area contributed by atoms with E-state index >= 15 is 0 Å². The first-order chi connectivity index (χ1) is 9.08. The molecular weight excluding hydrogens is 234 g/mol. The molecule has 2 rings (SSSR count). The van der Waals surface area contributed by atoms with Gasteiger partial charge in [0, 0.05) is 5.56 Å². The summed E-state index contributed by atoms with van der Waals surface area (Å²) in [5.41, 5.74) is 4.17. The van der Waals surface area contributed by atoms with Crippen molar-refractivity contribution >= 4 is 5.91 Å². The van der Waals surface area contributed by atoms with E-state index in [0.29, 0.717) is 5.56 Å². The summed E-state index contributed by atoms with van der Waals surface area (Å²) >= 11 is 0. The van der Waals surface area contributed by atoms with E-state index in [1.54, 1.807) is 0 Å². The molecule has 0 bridgehead atoms. The second-order valence-electron chi connectivity index (χ2n) is 4.90. The Kier molecular flexibility index (Phi) is 4.00. The third-order valence-electron chi connectivity index (χ3n) is 3.42. The third-order valence-corrected chi connectivity index (χ3v) is 3.42. The van der Waals surface area contributed by atoms with Crippen LogP contribution in [0.5, 0.6) is 0 Å². The summed E-state index contributed by atoms with van der Waals surface area (Å²) in [6.45, 7) is 6.06. The highest BCUT2D eigenvalue weighted by Crippen LogP contribution is 2.14. The highest BCUT2D eigenvalue weighted by molar-refractivity contribution is 5.94. The number of amides is 1. The lowest BCUT2D eigenvalue weighted by Gasteiger charge is -2.14. The molecule has 19 heavy (non-hydrogen) atoms. The molecule has 2 heteroatoms. The average Bonchev–Trinajstić information content (AvgIpc) is 2.42. The van der Waals surface area contributed by atoms with Crippen molar-refractivity contribution in [2.45, 2.75) is 26.8 Å². The highest BCUT2D eigenvalue weighted by atomic mass is 16.1. The predicted octanol–water partition coefficient (Wildman–Crippen LogP) is 3.79. The molecule has 2 aromatic carbocycles. The fourth-order valence-electron chi connectivity index (χ4n) is 1.99. The summed E-state index contributed by atoms with van der Waals surface area (Å²) in [5.74, 6) is -0.0283. The summed E-state index contributed by atoms with van der Waals surface area (Å²) in [6.07, 6.45) is 0. The summed E-state index contributed by atoms with van der Waals surface area (Å²) in [4.78, 5) is 12.2. The SMILES string of the molecule is Cc1ccc(C(=O)NC(C)c2ccccc2)cc1C. The Morgan fingerprint density at radius 2 is 1.68 bits per heavy atom. The zero-order valence-electron chi connectivity index (χ0n) is 11.6. The Morgan fingerprint density at radius 3 is 2.32 bits per heavy atom. The molecule has 1 unspecified atom stereocenters. The second-order valence-corrected chi connectivity index (χ2v) is 4.90. The van der Waals surface area contributed by atoms with Crippen molar-refractivity contribution in [1.82, 2.24) is 5.32 Å². The van der Waals surface area contributed by atoms with Crippen LogP contribution >= 0.6 is 0 Å². The topological polar surface area (TPSA) is 29.1 Å². The zero-order valence-corrected chi connectivity index (χ0v) is 11.6. The van der Waals surface area contributed by atoms with Crippen molar-refractivity contribution in [1.29, 1.82) is 0 Å². The summed E-state index contributed by atoms with van der Waals surface area (Å²) in [5, 5.41) is 3.02. The van der Waals surface area contributed by atoms with Crippen molar-refractivity contribution in [3.8, 4) is 0 Å². The molecule has 0 saturated carbocycles. The molecule has 0 aromatic heterocycles. The van der Waals surface area contributed by atoms with E-state index in [2.05, 4.69) is 5.32 Å². The molecule has 0 radical (unpaired) electrons. The Balaban J connectivity index is 2.11. The van der Waals surface area contributed by atoms with Gasteiger partial charge in [-0.1, -0.05) is 36.4 Å². The smallest absolute Gasteiger partial charge is 0.251 e. The lowest BCUT2D eigenvalue weighted by Crippen LogP contribution is -2.26. The van der Waals surface area contributed by atoms with E-state index < -0.39 is 0 Å². The quantitative estimate of drug-likeness (QED) is 0.885. The van der Waals surface area contributed by atoms with Crippen LogP contribution in [0.3, 0.4) is 0 Å². The van der Waals surface area contributed by atoms with Gasteiger partial charge in [0.2, 0.25) is 0 Å². The minimum Gasteiger partial charge on any atom is -0.346 e. The van der Waals surface area contributed by atoms with Crippen LogP contribution in [-0.2, 0) is 0 Å². The molecule has 0 aliphatic carbocycles. The van der Waals surface area contributed by atoms with Crippen LogP contribution in [-0.4, -0.2) is 5.91 Å². The zero-order chi connectivity index (χ0) is 13.8. The van der Waals surface area contributed by atoms with Gasteiger partial charge in [0.1, 0.15) is 0 Å². The van der Waals surface area contributed by atoms with Crippen molar-refractivity contribution in [3.63, 3.8) is 0 Å². The van der Waals surface area contributed by atoms with Gasteiger partial charge in [0.05, 0.1) is 6.04 Å². The van der Waals surface area contributed by atoms with E-state index in [4.69, 9.17) is 0 Å². The molecule has 0 saturated heterocycles. The summed E-state index contributed by atoms with van der Waals surface area (Å²) in [6, 6.07) is 15.8. The fraction of sp³-hybridized carbons (Fsp3) is 0.235. The maximum absolute atomic E-state index is 12.2. The first-order valence-corrected chi connectivity index (χ1v) is 6.51. The van der Waals surface area contributed by atoms with E-state index in [0.717, 1.165) is 11.1 Å². The monoisotopic (exact) mass is 253 g/mol. The lowest BCUT2D eigenvalue weighted by molar-refractivity contribution is 0.0940. The molecule has 0 aliphatic heterocycles. The minimum absolute atomic E-state index is 0.00955. The number of nitrogens with one attached hydrogen (secondary N) is 1. The first kappa shape index (κ1) is 13.3. The van der Waals surface area contributed by atoms with Crippen LogP contribution in [0.25, 0.3) is 0 Å². The Labute approximate surface area is 114 Å². The number of hydrogen-bond donors (Lipinski definition) is 1. The van der Waals surface area contributed by atoms with Crippen molar-refractivity contribution < 1.29 is 4.79 Å². The van der Waals surface area contributed by atoms with Gasteiger partial charge in [-0.05, 0) is 49.6 Å². The maximum Gasteiger partial charge on any atom is 0.251 e. The lowest BCUT2D eigenvalue weighted by atomic mass is 10.0. The maximum atomic E-state index is 12.2. The molecule has 0 fully saturated rings. The van der Waals surface area contributed by atoms with Gasteiger partial charge < -0.3 is 5.32 Å². The van der Waals surface area contributed by atoms with Crippen LogP contribution in [0.2, 0.25) is 0 Å². The number of aryl methyl sites for hydroxylation is 2. The van der Waals surface area contributed by atoms with E-state index in [1.807, 2.05) is 69.3 Å². The minimum atomic E-state index is -0.0283. The van der Waals surface area contributed by atoms with Crippen LogP contribution in [0, 0.1) is 13.8 Å². The molecule has 2 aromatic rings. The van der Waals surface area contributed by atoms with Gasteiger partial charge in [-0.15, -0.1) is 0 Å². The van der Waals surface area contributed by atoms with Gasteiger partial charge in [-0.3, -0.25) is 4.79 Å². The molecule has 0 aliphatic rings. The number of carbonyl (C=O) groups excluding carboxylic acids is 1. The molecular formula is C17H19NO. The molecule has 2 nitrogen and oxygen atoms in total. The van der Waals surface area contributed by atoms with Crippen molar-refractivity contribution in [3.05, 3.63) is 70.8 Å². The molecule has 98 valence electrons. The van der Waals surface area contributed by atoms with E-state index in [-0.39, 0.29) is 11.9 Å². The predicted molar refractivity (Wildman–Crippen MR) is 78.2 cm³/mol. The van der Waals surface area contributed by atoms with Gasteiger partial charge in [-0.2, -0.15) is 0 Å².